The summed E-state index contributed by atoms with van der Waals surface area (Å²) >= 11 is 0. The topological polar surface area (TPSA) is 35.5 Å². The number of ether oxygens (including phenoxy) is 2. The first kappa shape index (κ1) is 17.1. The second-order valence-electron chi connectivity index (χ2n) is 5.32. The Balaban J connectivity index is 2.96. The van der Waals surface area contributed by atoms with Crippen LogP contribution in [-0.4, -0.2) is 18.7 Å². The van der Waals surface area contributed by atoms with E-state index in [0.717, 1.165) is 18.2 Å². The summed E-state index contributed by atoms with van der Waals surface area (Å²) in [6, 6.07) is 3.05. The molecule has 0 aliphatic heterocycles. The quantitative estimate of drug-likeness (QED) is 0.623. The van der Waals surface area contributed by atoms with Crippen LogP contribution in [0.5, 0.6) is 5.75 Å². The normalized spacial score (nSPS) is 12.5. The highest BCUT2D eigenvalue weighted by molar-refractivity contribution is 5.87. The minimum atomic E-state index is -4.44. The zero-order chi connectivity index (χ0) is 16.3. The van der Waals surface area contributed by atoms with Crippen LogP contribution in [-0.2, 0) is 15.7 Å². The number of halogens is 3. The number of benzene rings is 1. The zero-order valence-electron chi connectivity index (χ0n) is 12.2. The van der Waals surface area contributed by atoms with Gasteiger partial charge < -0.3 is 9.47 Å². The molecule has 3 nitrogen and oxygen atoms in total. The van der Waals surface area contributed by atoms with Gasteiger partial charge in [-0.1, -0.05) is 6.07 Å². The Kier molecular flexibility index (Phi) is 5.04. The van der Waals surface area contributed by atoms with Crippen LogP contribution in [0.4, 0.5) is 13.2 Å². The molecule has 0 heterocycles. The number of carbonyl (C=O) groups is 1. The molecular weight excluding hydrogens is 285 g/mol. The van der Waals surface area contributed by atoms with Crippen LogP contribution in [0.25, 0.3) is 6.08 Å². The van der Waals surface area contributed by atoms with Crippen LogP contribution in [0.3, 0.4) is 0 Å². The molecule has 1 aromatic carbocycles. The summed E-state index contributed by atoms with van der Waals surface area (Å²) < 4.78 is 47.7. The highest BCUT2D eigenvalue weighted by Crippen LogP contribution is 2.33. The third-order valence-corrected chi connectivity index (χ3v) is 2.37. The van der Waals surface area contributed by atoms with E-state index in [1.165, 1.54) is 19.3 Å². The maximum absolute atomic E-state index is 12.6. The average Bonchev–Trinajstić information content (AvgIpc) is 2.32. The van der Waals surface area contributed by atoms with Crippen molar-refractivity contribution in [2.24, 2.45) is 0 Å². The van der Waals surface area contributed by atoms with E-state index in [2.05, 4.69) is 0 Å². The largest absolute Gasteiger partial charge is 0.496 e. The number of hydrogen-bond donors (Lipinski definition) is 0. The molecule has 21 heavy (non-hydrogen) atoms. The molecule has 1 aromatic rings. The molecule has 0 aromatic heterocycles. The van der Waals surface area contributed by atoms with Gasteiger partial charge in [-0.05, 0) is 39.0 Å². The molecule has 0 saturated heterocycles. The van der Waals surface area contributed by atoms with Gasteiger partial charge in [-0.25, -0.2) is 4.79 Å². The number of alkyl halides is 3. The lowest BCUT2D eigenvalue weighted by Gasteiger charge is -2.18. The molecule has 0 radical (unpaired) electrons. The highest BCUT2D eigenvalue weighted by Gasteiger charge is 2.31. The Bertz CT molecular complexity index is 540. The molecule has 0 atom stereocenters. The van der Waals surface area contributed by atoms with Crippen molar-refractivity contribution in [1.82, 2.24) is 0 Å². The number of rotatable bonds is 3. The number of methoxy groups -OCH3 is 1. The molecule has 1 rings (SSSR count). The van der Waals surface area contributed by atoms with E-state index in [-0.39, 0.29) is 5.75 Å². The molecule has 0 spiro atoms. The van der Waals surface area contributed by atoms with Crippen molar-refractivity contribution < 1.29 is 27.4 Å². The minimum absolute atomic E-state index is 0.0321. The Labute approximate surface area is 121 Å². The summed E-state index contributed by atoms with van der Waals surface area (Å²) in [6.45, 7) is 5.16. The minimum Gasteiger partial charge on any atom is -0.496 e. The van der Waals surface area contributed by atoms with Gasteiger partial charge in [-0.2, -0.15) is 13.2 Å². The fourth-order valence-electron chi connectivity index (χ4n) is 1.52. The third kappa shape index (κ3) is 5.49. The van der Waals surface area contributed by atoms with Crippen molar-refractivity contribution >= 4 is 12.0 Å². The summed E-state index contributed by atoms with van der Waals surface area (Å²) in [5, 5.41) is 0. The van der Waals surface area contributed by atoms with Gasteiger partial charge in [0.05, 0.1) is 12.7 Å². The molecule has 6 heteroatoms. The van der Waals surface area contributed by atoms with Gasteiger partial charge in [0.1, 0.15) is 11.4 Å². The van der Waals surface area contributed by atoms with Gasteiger partial charge in [-0.15, -0.1) is 0 Å². The fraction of sp³-hybridized carbons (Fsp3) is 0.400. The smallest absolute Gasteiger partial charge is 0.416 e. The first-order valence-electron chi connectivity index (χ1n) is 6.19. The number of carbonyl (C=O) groups excluding carboxylic acids is 1. The maximum atomic E-state index is 12.6. The van der Waals surface area contributed by atoms with Crippen molar-refractivity contribution in [3.8, 4) is 5.75 Å². The molecule has 0 amide bonds. The summed E-state index contributed by atoms with van der Waals surface area (Å²) in [5.41, 5.74) is -1.09. The van der Waals surface area contributed by atoms with E-state index >= 15 is 0 Å². The second-order valence-corrected chi connectivity index (χ2v) is 5.32. The van der Waals surface area contributed by atoms with Gasteiger partial charge in [0.2, 0.25) is 0 Å². The molecule has 0 fully saturated rings. The van der Waals surface area contributed by atoms with Crippen LogP contribution in [0.15, 0.2) is 24.3 Å². The molecule has 0 N–H and O–H groups in total. The number of hydrogen-bond acceptors (Lipinski definition) is 3. The first-order chi connectivity index (χ1) is 9.53. The van der Waals surface area contributed by atoms with Gasteiger partial charge in [0, 0.05) is 11.6 Å². The Morgan fingerprint density at radius 1 is 1.19 bits per heavy atom. The predicted molar refractivity (Wildman–Crippen MR) is 72.9 cm³/mol. The van der Waals surface area contributed by atoms with Gasteiger partial charge in [0.25, 0.3) is 0 Å². The first-order valence-corrected chi connectivity index (χ1v) is 6.19. The molecule has 0 unspecified atom stereocenters. The predicted octanol–water partition coefficient (Wildman–Crippen LogP) is 4.07. The molecule has 0 saturated carbocycles. The summed E-state index contributed by atoms with van der Waals surface area (Å²) in [6.07, 6.45) is -1.94. The lowest BCUT2D eigenvalue weighted by atomic mass is 10.1. The third-order valence-electron chi connectivity index (χ3n) is 2.37. The molecule has 116 valence electrons. The lowest BCUT2D eigenvalue weighted by molar-refractivity contribution is -0.148. The van der Waals surface area contributed by atoms with Gasteiger partial charge >= 0.3 is 12.1 Å². The van der Waals surface area contributed by atoms with Crippen molar-refractivity contribution in [1.29, 1.82) is 0 Å². The zero-order valence-corrected chi connectivity index (χ0v) is 12.2. The van der Waals surface area contributed by atoms with Crippen LogP contribution >= 0.6 is 0 Å². The van der Waals surface area contributed by atoms with E-state index in [4.69, 9.17) is 9.47 Å². The molecule has 0 aliphatic rings. The van der Waals surface area contributed by atoms with E-state index in [1.807, 2.05) is 0 Å². The van der Waals surface area contributed by atoms with Gasteiger partial charge in [0.15, 0.2) is 0 Å². The summed E-state index contributed by atoms with van der Waals surface area (Å²) in [7, 11) is 1.26. The fourth-order valence-corrected chi connectivity index (χ4v) is 1.52. The van der Waals surface area contributed by atoms with Crippen LogP contribution in [0, 0.1) is 0 Å². The molecule has 0 aliphatic carbocycles. The summed E-state index contributed by atoms with van der Waals surface area (Å²) in [4.78, 5) is 11.5. The SMILES string of the molecule is COc1cc(C(F)(F)F)ccc1C=CC(=O)OC(C)(C)C. The molecule has 0 bridgehead atoms. The highest BCUT2D eigenvalue weighted by atomic mass is 19.4. The van der Waals surface area contributed by atoms with Crippen LogP contribution in [0.2, 0.25) is 0 Å². The van der Waals surface area contributed by atoms with E-state index in [0.29, 0.717) is 5.56 Å². The van der Waals surface area contributed by atoms with Crippen molar-refractivity contribution in [3.63, 3.8) is 0 Å². The van der Waals surface area contributed by atoms with Gasteiger partial charge in [-0.3, -0.25) is 0 Å². The summed E-state index contributed by atoms with van der Waals surface area (Å²) in [5.74, 6) is -0.547. The van der Waals surface area contributed by atoms with E-state index < -0.39 is 23.3 Å². The standard InChI is InChI=1S/C15H17F3O3/c1-14(2,3)21-13(19)8-6-10-5-7-11(15(16,17)18)9-12(10)20-4/h5-9H,1-4H3. The van der Waals surface area contributed by atoms with Crippen LogP contribution in [0.1, 0.15) is 31.9 Å². The van der Waals surface area contributed by atoms with E-state index in [1.54, 1.807) is 20.8 Å². The Morgan fingerprint density at radius 3 is 2.29 bits per heavy atom. The van der Waals surface area contributed by atoms with E-state index in [9.17, 15) is 18.0 Å². The second kappa shape index (κ2) is 6.20. The van der Waals surface area contributed by atoms with Crippen molar-refractivity contribution in [2.75, 3.05) is 7.11 Å². The Morgan fingerprint density at radius 2 is 1.81 bits per heavy atom. The van der Waals surface area contributed by atoms with Crippen LogP contribution < -0.4 is 4.74 Å². The molecular formula is C15H17F3O3. The van der Waals surface area contributed by atoms with Crippen molar-refractivity contribution in [2.45, 2.75) is 32.5 Å². The maximum Gasteiger partial charge on any atom is 0.416 e. The number of esters is 1. The Hall–Kier alpha value is -1.98. The lowest BCUT2D eigenvalue weighted by Crippen LogP contribution is -2.22. The van der Waals surface area contributed by atoms with Crippen molar-refractivity contribution in [3.05, 3.63) is 35.4 Å². The monoisotopic (exact) mass is 302 g/mol. The average molecular weight is 302 g/mol.